The lowest BCUT2D eigenvalue weighted by atomic mass is 9.95. The number of hydrogen-bond donors (Lipinski definition) is 2. The van der Waals surface area contributed by atoms with E-state index in [1.165, 1.54) is 0 Å². The smallest absolute Gasteiger partial charge is 0.339 e. The van der Waals surface area contributed by atoms with Crippen molar-refractivity contribution in [2.45, 2.75) is 58.5 Å². The molecule has 0 rings (SSSR count). The van der Waals surface area contributed by atoms with Crippen LogP contribution in [-0.2, 0) is 28.6 Å². The lowest BCUT2D eigenvalue weighted by molar-refractivity contribution is -0.177. The van der Waals surface area contributed by atoms with Crippen LogP contribution in [0.1, 0.15) is 52.9 Å². The van der Waals surface area contributed by atoms with E-state index in [-0.39, 0.29) is 26.0 Å². The van der Waals surface area contributed by atoms with Crippen LogP contribution in [-0.4, -0.2) is 48.4 Å². The van der Waals surface area contributed by atoms with Crippen molar-refractivity contribution in [2.24, 2.45) is 0 Å². The third kappa shape index (κ3) is 9.85. The molecule has 0 bridgehead atoms. The Labute approximate surface area is 137 Å². The molecule has 0 saturated heterocycles. The molecule has 0 unspecified atom stereocenters. The fourth-order valence-electron chi connectivity index (χ4n) is 1.55. The van der Waals surface area contributed by atoms with E-state index in [0.717, 1.165) is 0 Å². The molecule has 0 spiro atoms. The molecule has 0 aromatic rings. The van der Waals surface area contributed by atoms with E-state index < -0.39 is 36.4 Å². The second-order valence-corrected chi connectivity index (χ2v) is 4.96. The van der Waals surface area contributed by atoms with E-state index in [9.17, 15) is 19.5 Å². The highest BCUT2D eigenvalue weighted by molar-refractivity contribution is 5.90. The van der Waals surface area contributed by atoms with Crippen LogP contribution in [0.3, 0.4) is 0 Å². The Bertz CT molecular complexity index is 349. The van der Waals surface area contributed by atoms with E-state index in [1.54, 1.807) is 6.92 Å². The predicted octanol–water partition coefficient (Wildman–Crippen LogP) is 1.52. The van der Waals surface area contributed by atoms with Crippen molar-refractivity contribution >= 4 is 17.9 Å². The van der Waals surface area contributed by atoms with Crippen LogP contribution in [0.5, 0.6) is 0 Å². The molecule has 0 radical (unpaired) electrons. The van der Waals surface area contributed by atoms with Crippen LogP contribution in [0.4, 0.5) is 0 Å². The fraction of sp³-hybridized carbons (Fsp3) is 0.800. The van der Waals surface area contributed by atoms with Crippen molar-refractivity contribution in [2.75, 3.05) is 19.8 Å². The second kappa shape index (κ2) is 12.8. The molecule has 8 heteroatoms. The van der Waals surface area contributed by atoms with Gasteiger partial charge in [0, 0.05) is 0 Å². The van der Waals surface area contributed by atoms with Crippen molar-refractivity contribution in [1.29, 1.82) is 0 Å². The van der Waals surface area contributed by atoms with Gasteiger partial charge in [-0.1, -0.05) is 20.8 Å². The van der Waals surface area contributed by atoms with E-state index in [1.807, 2.05) is 13.8 Å². The first-order chi connectivity index (χ1) is 10.4. The van der Waals surface area contributed by atoms with Crippen LogP contribution in [0.15, 0.2) is 0 Å². The zero-order chi connectivity index (χ0) is 17.0. The summed E-state index contributed by atoms with van der Waals surface area (Å²) in [6, 6.07) is 0. The molecule has 0 heterocycles. The summed E-state index contributed by atoms with van der Waals surface area (Å²) in [6.07, 6.45) is 0.502. The Morgan fingerprint density at radius 3 is 1.48 bits per heavy atom. The first-order valence-electron chi connectivity index (χ1n) is 7.60. The van der Waals surface area contributed by atoms with Gasteiger partial charge in [-0.2, -0.15) is 0 Å². The van der Waals surface area contributed by atoms with E-state index in [2.05, 4.69) is 0 Å². The minimum Gasteiger partial charge on any atom is -0.466 e. The van der Waals surface area contributed by atoms with Gasteiger partial charge < -0.3 is 25.5 Å². The number of hydrogen-bond acceptors (Lipinski definition) is 8. The van der Waals surface area contributed by atoms with Crippen LogP contribution in [0.25, 0.3) is 0 Å². The molecule has 0 aliphatic carbocycles. The zero-order valence-corrected chi connectivity index (χ0v) is 14.3. The first-order valence-corrected chi connectivity index (χ1v) is 7.60. The summed E-state index contributed by atoms with van der Waals surface area (Å²) in [4.78, 5) is 35.3. The minimum absolute atomic E-state index is 0. The number of aliphatic hydroxyl groups is 1. The minimum atomic E-state index is -2.26. The average Bonchev–Trinajstić information content (AvgIpc) is 2.48. The Balaban J connectivity index is 0. The van der Waals surface area contributed by atoms with Crippen LogP contribution < -0.4 is 6.15 Å². The molecule has 8 nitrogen and oxygen atoms in total. The molecule has 0 atom stereocenters. The van der Waals surface area contributed by atoms with Gasteiger partial charge in [-0.05, 0) is 19.3 Å². The molecule has 0 amide bonds. The lowest BCUT2D eigenvalue weighted by Crippen LogP contribution is -2.45. The van der Waals surface area contributed by atoms with Crippen LogP contribution in [0, 0.1) is 0 Å². The van der Waals surface area contributed by atoms with Gasteiger partial charge in [0.25, 0.3) is 0 Å². The Kier molecular flexibility index (Phi) is 13.2. The average molecular weight is 335 g/mol. The summed E-state index contributed by atoms with van der Waals surface area (Å²) in [7, 11) is 0. The number of rotatable bonds is 11. The Hall–Kier alpha value is -1.67. The highest BCUT2D eigenvalue weighted by Crippen LogP contribution is 2.20. The highest BCUT2D eigenvalue weighted by atomic mass is 16.6. The molecule has 0 aliphatic rings. The lowest BCUT2D eigenvalue weighted by Gasteiger charge is -2.24. The van der Waals surface area contributed by atoms with Crippen molar-refractivity contribution < 1.29 is 33.7 Å². The topological polar surface area (TPSA) is 134 Å². The molecule has 0 aromatic heterocycles. The molecule has 23 heavy (non-hydrogen) atoms. The van der Waals surface area contributed by atoms with Crippen molar-refractivity contribution in [3.63, 3.8) is 0 Å². The van der Waals surface area contributed by atoms with Gasteiger partial charge in [-0.15, -0.1) is 0 Å². The van der Waals surface area contributed by atoms with Crippen LogP contribution >= 0.6 is 0 Å². The highest BCUT2D eigenvalue weighted by Gasteiger charge is 2.43. The third-order valence-corrected chi connectivity index (χ3v) is 2.63. The van der Waals surface area contributed by atoms with Gasteiger partial charge in [-0.25, -0.2) is 4.79 Å². The maximum Gasteiger partial charge on any atom is 0.339 e. The zero-order valence-electron chi connectivity index (χ0n) is 14.3. The summed E-state index contributed by atoms with van der Waals surface area (Å²) < 4.78 is 14.6. The summed E-state index contributed by atoms with van der Waals surface area (Å²) >= 11 is 0. The summed E-state index contributed by atoms with van der Waals surface area (Å²) in [6.45, 7) is 5.87. The second-order valence-electron chi connectivity index (χ2n) is 4.96. The number of ether oxygens (including phenoxy) is 3. The molecule has 0 fully saturated rings. The SMILES string of the molecule is CCCOC(=O)CC(O)(CC(=O)OCCC)C(=O)OCCC.N. The first kappa shape index (κ1) is 23.6. The van der Waals surface area contributed by atoms with Gasteiger partial charge in [0.15, 0.2) is 5.60 Å². The van der Waals surface area contributed by atoms with Crippen molar-refractivity contribution in [3.05, 3.63) is 0 Å². The summed E-state index contributed by atoms with van der Waals surface area (Å²) in [5.74, 6) is -2.54. The molecule has 136 valence electrons. The molecule has 0 saturated carbocycles. The van der Waals surface area contributed by atoms with E-state index in [0.29, 0.717) is 19.3 Å². The molecule has 0 aliphatic heterocycles. The third-order valence-electron chi connectivity index (χ3n) is 2.63. The van der Waals surface area contributed by atoms with Crippen molar-refractivity contribution in [1.82, 2.24) is 6.15 Å². The van der Waals surface area contributed by atoms with E-state index >= 15 is 0 Å². The summed E-state index contributed by atoms with van der Waals surface area (Å²) in [5.41, 5.74) is -2.26. The molecule has 4 N–H and O–H groups in total. The molecule has 0 aromatic carbocycles. The molecular formula is C15H29NO7. The van der Waals surface area contributed by atoms with Gasteiger partial charge in [0.05, 0.1) is 32.7 Å². The van der Waals surface area contributed by atoms with Gasteiger partial charge in [-0.3, -0.25) is 9.59 Å². The predicted molar refractivity (Wildman–Crippen MR) is 83.0 cm³/mol. The maximum atomic E-state index is 12.0. The molecular weight excluding hydrogens is 306 g/mol. The quantitative estimate of drug-likeness (QED) is 0.428. The van der Waals surface area contributed by atoms with E-state index in [4.69, 9.17) is 14.2 Å². The standard InChI is InChI=1S/C15H26O7.H3N/c1-4-7-20-12(16)10-15(19,14(18)22-9-6-3)11-13(17)21-8-5-2;/h19H,4-11H2,1-3H3;1H3. The van der Waals surface area contributed by atoms with Gasteiger partial charge in [0.1, 0.15) is 0 Å². The van der Waals surface area contributed by atoms with Crippen LogP contribution in [0.2, 0.25) is 0 Å². The van der Waals surface area contributed by atoms with Gasteiger partial charge >= 0.3 is 17.9 Å². The number of esters is 3. The maximum absolute atomic E-state index is 12.0. The van der Waals surface area contributed by atoms with Crippen molar-refractivity contribution in [3.8, 4) is 0 Å². The Morgan fingerprint density at radius 2 is 1.13 bits per heavy atom. The fourth-order valence-corrected chi connectivity index (χ4v) is 1.55. The monoisotopic (exact) mass is 335 g/mol. The Morgan fingerprint density at radius 1 is 0.783 bits per heavy atom. The summed E-state index contributed by atoms with van der Waals surface area (Å²) in [5, 5.41) is 10.4. The normalized spacial score (nSPS) is 10.4. The number of carbonyl (C=O) groups excluding carboxylic acids is 3. The number of carbonyl (C=O) groups is 3. The van der Waals surface area contributed by atoms with Gasteiger partial charge in [0.2, 0.25) is 0 Å². The largest absolute Gasteiger partial charge is 0.466 e.